The Kier molecular flexibility index (Phi) is 2.68. The van der Waals surface area contributed by atoms with E-state index in [9.17, 15) is 4.79 Å². The fourth-order valence-corrected chi connectivity index (χ4v) is 1.29. The first kappa shape index (κ1) is 10.4. The Morgan fingerprint density at radius 2 is 2.19 bits per heavy atom. The lowest BCUT2D eigenvalue weighted by Gasteiger charge is -1.95. The molecule has 0 aliphatic rings. The van der Waals surface area contributed by atoms with Crippen LogP contribution in [-0.4, -0.2) is 23.3 Å². The normalized spacial score (nSPS) is 10.1. The number of esters is 1. The summed E-state index contributed by atoms with van der Waals surface area (Å²) in [6.45, 7) is 1.96. The molecule has 1 aromatic carbocycles. The lowest BCUT2D eigenvalue weighted by atomic mass is 10.1. The van der Waals surface area contributed by atoms with Crippen LogP contribution in [-0.2, 0) is 4.74 Å². The Bertz CT molecular complexity index is 519. The van der Waals surface area contributed by atoms with E-state index in [1.807, 2.05) is 31.2 Å². The fourth-order valence-electron chi connectivity index (χ4n) is 1.29. The Hall–Kier alpha value is -2.17. The van der Waals surface area contributed by atoms with Gasteiger partial charge in [0.25, 0.3) is 0 Å². The summed E-state index contributed by atoms with van der Waals surface area (Å²) in [5.74, 6) is -0.463. The number of benzene rings is 1. The summed E-state index contributed by atoms with van der Waals surface area (Å²) in [5.41, 5.74) is 1.86. The Morgan fingerprint density at radius 1 is 1.38 bits per heavy atom. The van der Waals surface area contributed by atoms with E-state index < -0.39 is 5.97 Å². The van der Waals surface area contributed by atoms with Crippen LogP contribution in [0.25, 0.3) is 11.5 Å². The van der Waals surface area contributed by atoms with Crippen LogP contribution in [0.5, 0.6) is 0 Å². The quantitative estimate of drug-likeness (QED) is 0.719. The summed E-state index contributed by atoms with van der Waals surface area (Å²) < 4.78 is 9.65. The molecule has 0 bridgehead atoms. The number of ether oxygens (including phenoxy) is 1. The van der Waals surface area contributed by atoms with Gasteiger partial charge >= 0.3 is 11.9 Å². The van der Waals surface area contributed by atoms with E-state index in [1.54, 1.807) is 0 Å². The number of methoxy groups -OCH3 is 1. The van der Waals surface area contributed by atoms with Gasteiger partial charge in [0.05, 0.1) is 7.11 Å². The number of hydrogen-bond acceptors (Lipinski definition) is 5. The van der Waals surface area contributed by atoms with Crippen molar-refractivity contribution in [2.24, 2.45) is 0 Å². The zero-order valence-electron chi connectivity index (χ0n) is 8.93. The first-order valence-corrected chi connectivity index (χ1v) is 4.69. The van der Waals surface area contributed by atoms with Gasteiger partial charge in [-0.05, 0) is 19.1 Å². The minimum absolute atomic E-state index is 0.140. The number of carbonyl (C=O) groups excluding carboxylic acids is 1. The SMILES string of the molecule is COC(=O)c1nnc(-c2cccc(C)c2)o1. The maximum Gasteiger partial charge on any atom is 0.396 e. The van der Waals surface area contributed by atoms with Gasteiger partial charge in [-0.2, -0.15) is 0 Å². The molecule has 0 saturated carbocycles. The molecular formula is C11H10N2O3. The predicted molar refractivity (Wildman–Crippen MR) is 55.8 cm³/mol. The number of nitrogens with zero attached hydrogens (tertiary/aromatic N) is 2. The number of carbonyl (C=O) groups is 1. The second-order valence-corrected chi connectivity index (χ2v) is 3.27. The van der Waals surface area contributed by atoms with Crippen LogP contribution in [0, 0.1) is 6.92 Å². The van der Waals surface area contributed by atoms with Gasteiger partial charge in [-0.15, -0.1) is 10.2 Å². The van der Waals surface area contributed by atoms with Crippen molar-refractivity contribution in [2.75, 3.05) is 7.11 Å². The van der Waals surface area contributed by atoms with Crippen LogP contribution in [0.3, 0.4) is 0 Å². The van der Waals surface area contributed by atoms with E-state index in [0.717, 1.165) is 11.1 Å². The molecule has 0 spiro atoms. The molecule has 2 aromatic rings. The van der Waals surface area contributed by atoms with E-state index in [1.165, 1.54) is 7.11 Å². The Balaban J connectivity index is 2.35. The molecule has 5 heteroatoms. The Labute approximate surface area is 92.1 Å². The third-order valence-electron chi connectivity index (χ3n) is 2.05. The van der Waals surface area contributed by atoms with Gasteiger partial charge in [-0.1, -0.05) is 17.7 Å². The number of aryl methyl sites for hydroxylation is 1. The van der Waals surface area contributed by atoms with Gasteiger partial charge in [-0.3, -0.25) is 0 Å². The molecule has 5 nitrogen and oxygen atoms in total. The maximum absolute atomic E-state index is 11.1. The highest BCUT2D eigenvalue weighted by Gasteiger charge is 2.15. The third-order valence-corrected chi connectivity index (χ3v) is 2.05. The minimum Gasteiger partial charge on any atom is -0.462 e. The molecule has 0 radical (unpaired) electrons. The Morgan fingerprint density at radius 3 is 2.88 bits per heavy atom. The van der Waals surface area contributed by atoms with Crippen molar-refractivity contribution in [3.63, 3.8) is 0 Å². The molecule has 2 rings (SSSR count). The van der Waals surface area contributed by atoms with Gasteiger partial charge in [0, 0.05) is 5.56 Å². The molecular weight excluding hydrogens is 208 g/mol. The lowest BCUT2D eigenvalue weighted by molar-refractivity contribution is 0.0556. The van der Waals surface area contributed by atoms with Crippen molar-refractivity contribution in [3.05, 3.63) is 35.7 Å². The maximum atomic E-state index is 11.1. The van der Waals surface area contributed by atoms with Gasteiger partial charge in [-0.25, -0.2) is 4.79 Å². The van der Waals surface area contributed by atoms with Crippen molar-refractivity contribution in [1.29, 1.82) is 0 Å². The van der Waals surface area contributed by atoms with Gasteiger partial charge in [0.2, 0.25) is 5.89 Å². The molecule has 0 fully saturated rings. The zero-order chi connectivity index (χ0) is 11.5. The largest absolute Gasteiger partial charge is 0.462 e. The fraction of sp³-hybridized carbons (Fsp3) is 0.182. The van der Waals surface area contributed by atoms with Crippen LogP contribution < -0.4 is 0 Å². The average molecular weight is 218 g/mol. The monoisotopic (exact) mass is 218 g/mol. The molecule has 0 saturated heterocycles. The molecule has 0 N–H and O–H groups in total. The van der Waals surface area contributed by atoms with Crippen molar-refractivity contribution in [3.8, 4) is 11.5 Å². The number of rotatable bonds is 2. The van der Waals surface area contributed by atoms with Gasteiger partial charge in [0.15, 0.2) is 0 Å². The van der Waals surface area contributed by atoms with Crippen LogP contribution in [0.4, 0.5) is 0 Å². The highest BCUT2D eigenvalue weighted by Crippen LogP contribution is 2.18. The van der Waals surface area contributed by atoms with E-state index in [-0.39, 0.29) is 5.89 Å². The van der Waals surface area contributed by atoms with Gasteiger partial charge in [0.1, 0.15) is 0 Å². The summed E-state index contributed by atoms with van der Waals surface area (Å²) in [4.78, 5) is 11.1. The van der Waals surface area contributed by atoms with Crippen molar-refractivity contribution in [2.45, 2.75) is 6.92 Å². The average Bonchev–Trinajstić information content (AvgIpc) is 2.77. The van der Waals surface area contributed by atoms with Crippen LogP contribution in [0.2, 0.25) is 0 Å². The summed E-state index contributed by atoms with van der Waals surface area (Å²) >= 11 is 0. The van der Waals surface area contributed by atoms with E-state index in [4.69, 9.17) is 4.42 Å². The molecule has 0 atom stereocenters. The molecule has 1 heterocycles. The summed E-state index contributed by atoms with van der Waals surface area (Å²) in [6, 6.07) is 7.57. The standard InChI is InChI=1S/C11H10N2O3/c1-7-4-3-5-8(6-7)9-12-13-10(16-9)11(14)15-2/h3-6H,1-2H3. The van der Waals surface area contributed by atoms with E-state index in [0.29, 0.717) is 5.89 Å². The van der Waals surface area contributed by atoms with Gasteiger partial charge < -0.3 is 9.15 Å². The zero-order valence-corrected chi connectivity index (χ0v) is 8.93. The van der Waals surface area contributed by atoms with Crippen LogP contribution >= 0.6 is 0 Å². The smallest absolute Gasteiger partial charge is 0.396 e. The van der Waals surface area contributed by atoms with Crippen LogP contribution in [0.1, 0.15) is 16.2 Å². The van der Waals surface area contributed by atoms with Crippen molar-refractivity contribution >= 4 is 5.97 Å². The summed E-state index contributed by atoms with van der Waals surface area (Å²) in [6.07, 6.45) is 0. The third kappa shape index (κ3) is 1.93. The first-order chi connectivity index (χ1) is 7.70. The molecule has 1 aromatic heterocycles. The molecule has 82 valence electrons. The molecule has 0 amide bonds. The number of hydrogen-bond donors (Lipinski definition) is 0. The van der Waals surface area contributed by atoms with Crippen LogP contribution in [0.15, 0.2) is 28.7 Å². The second kappa shape index (κ2) is 4.14. The summed E-state index contributed by atoms with van der Waals surface area (Å²) in [5, 5.41) is 7.38. The molecule has 0 aliphatic heterocycles. The topological polar surface area (TPSA) is 65.2 Å². The molecule has 16 heavy (non-hydrogen) atoms. The van der Waals surface area contributed by atoms with E-state index >= 15 is 0 Å². The minimum atomic E-state index is -0.633. The lowest BCUT2D eigenvalue weighted by Crippen LogP contribution is -2.00. The highest BCUT2D eigenvalue weighted by molar-refractivity contribution is 5.84. The molecule has 0 aliphatic carbocycles. The van der Waals surface area contributed by atoms with E-state index in [2.05, 4.69) is 14.9 Å². The van der Waals surface area contributed by atoms with Crippen molar-refractivity contribution in [1.82, 2.24) is 10.2 Å². The first-order valence-electron chi connectivity index (χ1n) is 4.69. The number of aromatic nitrogens is 2. The second-order valence-electron chi connectivity index (χ2n) is 3.27. The highest BCUT2D eigenvalue weighted by atomic mass is 16.5. The van der Waals surface area contributed by atoms with Crippen molar-refractivity contribution < 1.29 is 13.9 Å². The summed E-state index contributed by atoms with van der Waals surface area (Å²) in [7, 11) is 1.26. The predicted octanol–water partition coefficient (Wildman–Crippen LogP) is 1.83. The molecule has 0 unspecified atom stereocenters.